The zero-order chi connectivity index (χ0) is 15.0. The van der Waals surface area contributed by atoms with E-state index in [0.717, 1.165) is 0 Å². The largest absolute Gasteiger partial charge is 0.493 e. The number of benzene rings is 1. The number of aliphatic carboxylic acids is 1. The fraction of sp³-hybridized carbons (Fsp3) is 0.333. The number of rotatable bonds is 5. The smallest absolute Gasteiger partial charge is 0.313 e. The minimum absolute atomic E-state index is 0.0985. The second-order valence-corrected chi connectivity index (χ2v) is 5.26. The molecule has 0 atom stereocenters. The average Bonchev–Trinajstić information content (AvgIpc) is 3.26. The Morgan fingerprint density at radius 2 is 2.14 bits per heavy atom. The Bertz CT molecular complexity index is 760. The van der Waals surface area contributed by atoms with Crippen molar-refractivity contribution in [2.45, 2.75) is 12.8 Å². The van der Waals surface area contributed by atoms with Crippen molar-refractivity contribution < 1.29 is 19.4 Å². The van der Waals surface area contributed by atoms with Crippen molar-refractivity contribution in [3.05, 3.63) is 34.6 Å². The van der Waals surface area contributed by atoms with Gasteiger partial charge in [0.05, 0.1) is 12.6 Å². The number of ether oxygens (including phenoxy) is 2. The van der Waals surface area contributed by atoms with Gasteiger partial charge in [0.25, 0.3) is 0 Å². The van der Waals surface area contributed by atoms with Crippen LogP contribution in [-0.2, 0) is 4.79 Å². The van der Waals surface area contributed by atoms with Gasteiger partial charge in [-0.1, -0.05) is 0 Å². The van der Waals surface area contributed by atoms with E-state index in [1.54, 1.807) is 18.3 Å². The van der Waals surface area contributed by atoms with E-state index in [1.807, 2.05) is 0 Å². The molecule has 1 fully saturated rings. The topological polar surface area (TPSA) is 88.6 Å². The van der Waals surface area contributed by atoms with E-state index in [2.05, 4.69) is 4.98 Å². The molecule has 0 spiro atoms. The summed E-state index contributed by atoms with van der Waals surface area (Å²) >= 11 is 0. The number of carboxylic acids is 1. The Hall–Kier alpha value is -2.50. The molecular formula is C15H15NO5. The number of carboxylic acid groups (broad SMARTS) is 1. The van der Waals surface area contributed by atoms with E-state index in [-0.39, 0.29) is 12.0 Å². The number of methoxy groups -OCH3 is 1. The molecule has 3 rings (SSSR count). The van der Waals surface area contributed by atoms with Crippen LogP contribution in [0.2, 0.25) is 0 Å². The molecule has 21 heavy (non-hydrogen) atoms. The lowest BCUT2D eigenvalue weighted by molar-refractivity contribution is -0.144. The normalized spacial score (nSPS) is 15.7. The molecule has 1 aromatic carbocycles. The molecule has 1 aromatic heterocycles. The molecule has 2 N–H and O–H groups in total. The van der Waals surface area contributed by atoms with Gasteiger partial charge < -0.3 is 19.6 Å². The molecule has 110 valence electrons. The molecule has 0 radical (unpaired) electrons. The summed E-state index contributed by atoms with van der Waals surface area (Å²) in [6.45, 7) is 0.0985. The molecule has 2 aromatic rings. The summed E-state index contributed by atoms with van der Waals surface area (Å²) in [6.07, 6.45) is 2.80. The highest BCUT2D eigenvalue weighted by molar-refractivity contribution is 5.82. The van der Waals surface area contributed by atoms with Gasteiger partial charge in [-0.2, -0.15) is 0 Å². The fourth-order valence-corrected chi connectivity index (χ4v) is 2.24. The molecule has 6 nitrogen and oxygen atoms in total. The van der Waals surface area contributed by atoms with Crippen LogP contribution >= 0.6 is 0 Å². The quantitative estimate of drug-likeness (QED) is 0.876. The molecule has 0 amide bonds. The molecule has 0 saturated heterocycles. The van der Waals surface area contributed by atoms with Crippen LogP contribution in [0, 0.1) is 5.41 Å². The van der Waals surface area contributed by atoms with Gasteiger partial charge in [-0.3, -0.25) is 9.59 Å². The number of pyridine rings is 1. The third-order valence-corrected chi connectivity index (χ3v) is 3.85. The van der Waals surface area contributed by atoms with Crippen LogP contribution in [0.25, 0.3) is 10.9 Å². The van der Waals surface area contributed by atoms with Crippen LogP contribution in [0.4, 0.5) is 0 Å². The lowest BCUT2D eigenvalue weighted by Crippen LogP contribution is -2.23. The molecular weight excluding hydrogens is 274 g/mol. The van der Waals surface area contributed by atoms with E-state index < -0.39 is 11.4 Å². The summed E-state index contributed by atoms with van der Waals surface area (Å²) in [5.41, 5.74) is -0.263. The van der Waals surface area contributed by atoms with Crippen LogP contribution < -0.4 is 14.9 Å². The van der Waals surface area contributed by atoms with Crippen molar-refractivity contribution in [1.29, 1.82) is 0 Å². The Morgan fingerprint density at radius 1 is 1.38 bits per heavy atom. The van der Waals surface area contributed by atoms with Gasteiger partial charge in [0, 0.05) is 23.7 Å². The van der Waals surface area contributed by atoms with Gasteiger partial charge in [0.15, 0.2) is 16.9 Å². The predicted molar refractivity (Wildman–Crippen MR) is 75.9 cm³/mol. The highest BCUT2D eigenvalue weighted by Crippen LogP contribution is 2.46. The molecule has 0 unspecified atom stereocenters. The Morgan fingerprint density at radius 3 is 2.76 bits per heavy atom. The molecule has 1 aliphatic carbocycles. The van der Waals surface area contributed by atoms with Crippen LogP contribution in [0.3, 0.4) is 0 Å². The number of carbonyl (C=O) groups is 1. The third-order valence-electron chi connectivity index (χ3n) is 3.85. The average molecular weight is 289 g/mol. The fourth-order valence-electron chi connectivity index (χ4n) is 2.24. The van der Waals surface area contributed by atoms with Crippen LogP contribution in [0.1, 0.15) is 12.8 Å². The number of nitrogens with one attached hydrogen (secondary N) is 1. The number of aromatic nitrogens is 1. The lowest BCUT2D eigenvalue weighted by Gasteiger charge is -2.15. The molecule has 6 heteroatoms. The van der Waals surface area contributed by atoms with Crippen molar-refractivity contribution in [1.82, 2.24) is 4.98 Å². The summed E-state index contributed by atoms with van der Waals surface area (Å²) in [5, 5.41) is 9.66. The zero-order valence-corrected chi connectivity index (χ0v) is 11.5. The molecule has 1 heterocycles. The SMILES string of the molecule is COc1cc2c(=O)cc[nH]c2cc1OCC1(C(=O)O)CC1. The maximum atomic E-state index is 11.8. The standard InChI is InChI=1S/C15H15NO5/c1-20-12-6-9-10(16-5-2-11(9)17)7-13(12)21-8-15(3-4-15)14(18)19/h2,5-7H,3-4,8H2,1H3,(H,16,17)(H,18,19). The molecule has 1 aliphatic rings. The minimum Gasteiger partial charge on any atom is -0.493 e. The van der Waals surface area contributed by atoms with Crippen molar-refractivity contribution in [3.8, 4) is 11.5 Å². The summed E-state index contributed by atoms with van der Waals surface area (Å²) in [4.78, 5) is 25.9. The molecule has 0 bridgehead atoms. The van der Waals surface area contributed by atoms with E-state index >= 15 is 0 Å². The van der Waals surface area contributed by atoms with Gasteiger partial charge in [-0.05, 0) is 18.9 Å². The van der Waals surface area contributed by atoms with E-state index in [9.17, 15) is 9.59 Å². The zero-order valence-electron chi connectivity index (χ0n) is 11.5. The first-order valence-corrected chi connectivity index (χ1v) is 6.61. The highest BCUT2D eigenvalue weighted by atomic mass is 16.5. The van der Waals surface area contributed by atoms with E-state index in [4.69, 9.17) is 14.6 Å². The van der Waals surface area contributed by atoms with Gasteiger partial charge >= 0.3 is 5.97 Å². The van der Waals surface area contributed by atoms with E-state index in [0.29, 0.717) is 35.2 Å². The van der Waals surface area contributed by atoms with Crippen molar-refractivity contribution in [2.24, 2.45) is 5.41 Å². The number of H-pyrrole nitrogens is 1. The molecule has 0 aliphatic heterocycles. The first-order chi connectivity index (χ1) is 10.1. The maximum Gasteiger partial charge on any atom is 0.313 e. The first-order valence-electron chi connectivity index (χ1n) is 6.61. The van der Waals surface area contributed by atoms with E-state index in [1.165, 1.54) is 13.2 Å². The Labute approximate surface area is 120 Å². The highest BCUT2D eigenvalue weighted by Gasteiger charge is 2.51. The number of aromatic amines is 1. The van der Waals surface area contributed by atoms with Crippen molar-refractivity contribution in [2.75, 3.05) is 13.7 Å². The minimum atomic E-state index is -0.837. The monoisotopic (exact) mass is 289 g/mol. The molecule has 1 saturated carbocycles. The second-order valence-electron chi connectivity index (χ2n) is 5.26. The Kier molecular flexibility index (Phi) is 3.08. The van der Waals surface area contributed by atoms with Gasteiger partial charge in [0.2, 0.25) is 0 Å². The van der Waals surface area contributed by atoms with Crippen molar-refractivity contribution in [3.63, 3.8) is 0 Å². The maximum absolute atomic E-state index is 11.8. The first kappa shape index (κ1) is 13.5. The summed E-state index contributed by atoms with van der Waals surface area (Å²) in [5.74, 6) is 0.00965. The Balaban J connectivity index is 1.94. The third kappa shape index (κ3) is 2.33. The lowest BCUT2D eigenvalue weighted by atomic mass is 10.1. The summed E-state index contributed by atoms with van der Waals surface area (Å²) in [6, 6.07) is 4.70. The van der Waals surface area contributed by atoms with Crippen LogP contribution in [0.15, 0.2) is 29.2 Å². The second kappa shape index (κ2) is 4.80. The summed E-state index contributed by atoms with van der Waals surface area (Å²) < 4.78 is 10.9. The van der Waals surface area contributed by atoms with Gasteiger partial charge in [-0.25, -0.2) is 0 Å². The predicted octanol–water partition coefficient (Wildman–Crippen LogP) is 1.78. The summed E-state index contributed by atoms with van der Waals surface area (Å²) in [7, 11) is 1.48. The number of hydrogen-bond acceptors (Lipinski definition) is 4. The van der Waals surface area contributed by atoms with Gasteiger partial charge in [0.1, 0.15) is 12.0 Å². The number of hydrogen-bond donors (Lipinski definition) is 2. The van der Waals surface area contributed by atoms with Crippen LogP contribution in [-0.4, -0.2) is 29.8 Å². The van der Waals surface area contributed by atoms with Crippen molar-refractivity contribution >= 4 is 16.9 Å². The van der Waals surface area contributed by atoms with Crippen LogP contribution in [0.5, 0.6) is 11.5 Å². The number of fused-ring (bicyclic) bond motifs is 1. The van der Waals surface area contributed by atoms with Gasteiger partial charge in [-0.15, -0.1) is 0 Å².